The van der Waals surface area contributed by atoms with Crippen molar-refractivity contribution in [3.8, 4) is 0 Å². The van der Waals surface area contributed by atoms with Crippen molar-refractivity contribution in [2.45, 2.75) is 12.8 Å². The first-order valence-corrected chi connectivity index (χ1v) is 6.67. The lowest BCUT2D eigenvalue weighted by atomic mass is 10.2. The van der Waals surface area contributed by atoms with Gasteiger partial charge < -0.3 is 15.6 Å². The minimum Gasteiger partial charge on any atom is -0.339 e. The van der Waals surface area contributed by atoms with Crippen LogP contribution in [0.15, 0.2) is 24.5 Å². The number of halogens is 2. The Kier molecular flexibility index (Phi) is 3.52. The van der Waals surface area contributed by atoms with Gasteiger partial charge in [-0.1, -0.05) is 29.3 Å². The molecule has 104 valence electrons. The fourth-order valence-electron chi connectivity index (χ4n) is 1.92. The van der Waals surface area contributed by atoms with Crippen molar-refractivity contribution < 1.29 is 4.79 Å². The van der Waals surface area contributed by atoms with Crippen LogP contribution in [0.1, 0.15) is 16.1 Å². The molecule has 6 nitrogen and oxygen atoms in total. The van der Waals surface area contributed by atoms with E-state index >= 15 is 0 Å². The Morgan fingerprint density at radius 3 is 2.90 bits per heavy atom. The molecular formula is C12H11Cl2N5O. The first-order chi connectivity index (χ1) is 9.63. The maximum atomic E-state index is 11.8. The molecule has 4 N–H and O–H groups in total. The van der Waals surface area contributed by atoms with Gasteiger partial charge in [0.1, 0.15) is 5.69 Å². The predicted molar refractivity (Wildman–Crippen MR) is 76.8 cm³/mol. The van der Waals surface area contributed by atoms with Crippen LogP contribution in [0.25, 0.3) is 0 Å². The maximum absolute atomic E-state index is 11.8. The van der Waals surface area contributed by atoms with Gasteiger partial charge in [-0.25, -0.2) is 4.98 Å². The van der Waals surface area contributed by atoms with Crippen molar-refractivity contribution in [3.05, 3.63) is 45.8 Å². The average Bonchev–Trinajstić information content (AvgIpc) is 2.89. The van der Waals surface area contributed by atoms with E-state index in [1.807, 2.05) is 6.07 Å². The molecule has 1 aromatic heterocycles. The Labute approximate surface area is 124 Å². The zero-order valence-corrected chi connectivity index (χ0v) is 11.7. The Bertz CT molecular complexity index is 657. The van der Waals surface area contributed by atoms with Crippen molar-refractivity contribution in [2.24, 2.45) is 0 Å². The lowest BCUT2D eigenvalue weighted by molar-refractivity contribution is 0.0923. The van der Waals surface area contributed by atoms with E-state index in [9.17, 15) is 4.79 Å². The van der Waals surface area contributed by atoms with E-state index in [-0.39, 0.29) is 5.91 Å². The van der Waals surface area contributed by atoms with E-state index in [2.05, 4.69) is 25.9 Å². The smallest absolute Gasteiger partial charge is 0.274 e. The summed E-state index contributed by atoms with van der Waals surface area (Å²) in [6.07, 6.45) is 1.08. The summed E-state index contributed by atoms with van der Waals surface area (Å²) in [5.41, 5.74) is 1.39. The largest absolute Gasteiger partial charge is 0.339 e. The first kappa shape index (κ1) is 13.2. The highest BCUT2D eigenvalue weighted by Gasteiger charge is 2.24. The van der Waals surface area contributed by atoms with Gasteiger partial charge in [0.2, 0.25) is 0 Å². The fraction of sp³-hybridized carbons (Fsp3) is 0.167. The van der Waals surface area contributed by atoms with Crippen LogP contribution < -0.4 is 16.0 Å². The van der Waals surface area contributed by atoms with Gasteiger partial charge in [-0.15, -0.1) is 0 Å². The van der Waals surface area contributed by atoms with E-state index in [4.69, 9.17) is 23.2 Å². The molecule has 0 aliphatic carbocycles. The molecule has 0 bridgehead atoms. The third-order valence-corrected chi connectivity index (χ3v) is 3.66. The number of hydrogen-bond acceptors (Lipinski definition) is 4. The normalized spacial score (nSPS) is 17.3. The summed E-state index contributed by atoms with van der Waals surface area (Å²) in [6.45, 7) is 0.522. The number of aromatic amines is 1. The molecule has 2 heterocycles. The number of nitrogens with zero attached hydrogens (tertiary/aromatic N) is 1. The van der Waals surface area contributed by atoms with Crippen LogP contribution in [0.2, 0.25) is 10.0 Å². The number of benzene rings is 1. The minimum absolute atomic E-state index is 0.206. The molecular weight excluding hydrogens is 301 g/mol. The predicted octanol–water partition coefficient (Wildman–Crippen LogP) is 1.95. The summed E-state index contributed by atoms with van der Waals surface area (Å²) in [5.74, 6) is 0.322. The van der Waals surface area contributed by atoms with Crippen molar-refractivity contribution in [2.75, 3.05) is 5.32 Å². The van der Waals surface area contributed by atoms with Crippen molar-refractivity contribution in [1.29, 1.82) is 0 Å². The summed E-state index contributed by atoms with van der Waals surface area (Å²) in [7, 11) is 0. The van der Waals surface area contributed by atoms with Crippen LogP contribution in [-0.2, 0) is 6.54 Å². The molecule has 0 spiro atoms. The van der Waals surface area contributed by atoms with E-state index in [0.29, 0.717) is 28.1 Å². The molecule has 1 aromatic carbocycles. The third-order valence-electron chi connectivity index (χ3n) is 2.92. The fourth-order valence-corrected chi connectivity index (χ4v) is 2.25. The molecule has 1 aliphatic heterocycles. The van der Waals surface area contributed by atoms with Crippen molar-refractivity contribution >= 4 is 34.9 Å². The Balaban J connectivity index is 1.65. The van der Waals surface area contributed by atoms with E-state index in [1.165, 1.54) is 6.33 Å². The monoisotopic (exact) mass is 311 g/mol. The average molecular weight is 312 g/mol. The molecule has 1 unspecified atom stereocenters. The molecule has 8 heteroatoms. The number of hydrogen-bond donors (Lipinski definition) is 4. The number of aromatic nitrogens is 2. The highest BCUT2D eigenvalue weighted by Crippen LogP contribution is 2.22. The number of anilines is 1. The number of amides is 1. The molecule has 1 atom stereocenters. The van der Waals surface area contributed by atoms with Gasteiger partial charge in [-0.2, -0.15) is 0 Å². The SMILES string of the molecule is O=C1NC(NCc2ccc(Cl)c(Cl)c2)Nc2nc[nH]c21. The zero-order valence-electron chi connectivity index (χ0n) is 10.2. The topological polar surface area (TPSA) is 81.8 Å². The summed E-state index contributed by atoms with van der Waals surface area (Å²) in [4.78, 5) is 18.6. The molecule has 20 heavy (non-hydrogen) atoms. The number of nitrogens with one attached hydrogen (secondary N) is 4. The minimum atomic E-state index is -0.396. The van der Waals surface area contributed by atoms with Gasteiger partial charge in [-0.05, 0) is 17.7 Å². The highest BCUT2D eigenvalue weighted by molar-refractivity contribution is 6.42. The molecule has 2 aromatic rings. The number of fused-ring (bicyclic) bond motifs is 1. The Hall–Kier alpha value is -1.76. The van der Waals surface area contributed by atoms with Gasteiger partial charge in [-0.3, -0.25) is 10.1 Å². The molecule has 0 radical (unpaired) electrons. The summed E-state index contributed by atoms with van der Waals surface area (Å²) >= 11 is 11.8. The maximum Gasteiger partial charge on any atom is 0.274 e. The molecule has 0 fully saturated rings. The Morgan fingerprint density at radius 1 is 1.25 bits per heavy atom. The van der Waals surface area contributed by atoms with E-state index < -0.39 is 6.29 Å². The van der Waals surface area contributed by atoms with Crippen LogP contribution >= 0.6 is 23.2 Å². The van der Waals surface area contributed by atoms with Gasteiger partial charge in [0.25, 0.3) is 5.91 Å². The van der Waals surface area contributed by atoms with Crippen LogP contribution in [0.4, 0.5) is 5.82 Å². The van der Waals surface area contributed by atoms with E-state index in [1.54, 1.807) is 12.1 Å². The molecule has 1 amide bonds. The van der Waals surface area contributed by atoms with Gasteiger partial charge in [0.15, 0.2) is 12.1 Å². The molecule has 0 saturated heterocycles. The van der Waals surface area contributed by atoms with Gasteiger partial charge >= 0.3 is 0 Å². The van der Waals surface area contributed by atoms with Crippen LogP contribution in [0.5, 0.6) is 0 Å². The van der Waals surface area contributed by atoms with Crippen LogP contribution in [-0.4, -0.2) is 22.2 Å². The number of H-pyrrole nitrogens is 1. The second-order valence-corrected chi connectivity index (χ2v) is 5.12. The van der Waals surface area contributed by atoms with Crippen LogP contribution in [0, 0.1) is 0 Å². The van der Waals surface area contributed by atoms with Crippen LogP contribution in [0.3, 0.4) is 0 Å². The number of imidazole rings is 1. The highest BCUT2D eigenvalue weighted by atomic mass is 35.5. The first-order valence-electron chi connectivity index (χ1n) is 5.91. The van der Waals surface area contributed by atoms with Crippen molar-refractivity contribution in [3.63, 3.8) is 0 Å². The summed E-state index contributed by atoms with van der Waals surface area (Å²) in [6, 6.07) is 5.38. The number of carbonyl (C=O) groups excluding carboxylic acids is 1. The lowest BCUT2D eigenvalue weighted by Crippen LogP contribution is -2.53. The summed E-state index contributed by atoms with van der Waals surface area (Å²) < 4.78 is 0. The zero-order chi connectivity index (χ0) is 14.1. The number of rotatable bonds is 3. The quantitative estimate of drug-likeness (QED) is 0.698. The second-order valence-electron chi connectivity index (χ2n) is 4.31. The van der Waals surface area contributed by atoms with Crippen molar-refractivity contribution in [1.82, 2.24) is 20.6 Å². The number of carbonyl (C=O) groups is 1. The molecule has 0 saturated carbocycles. The van der Waals surface area contributed by atoms with Gasteiger partial charge in [0, 0.05) is 6.54 Å². The standard InChI is InChI=1S/C12H11Cl2N5O/c13-7-2-1-6(3-8(7)14)4-15-12-18-10-9(11(20)19-12)16-5-17-10/h1-3,5,12,15,18H,4H2,(H,16,17)(H,19,20). The third kappa shape index (κ3) is 2.58. The van der Waals surface area contributed by atoms with E-state index in [0.717, 1.165) is 5.56 Å². The summed E-state index contributed by atoms with van der Waals surface area (Å²) in [5, 5.41) is 9.99. The molecule has 1 aliphatic rings. The second kappa shape index (κ2) is 5.32. The van der Waals surface area contributed by atoms with Gasteiger partial charge in [0.05, 0.1) is 16.4 Å². The Morgan fingerprint density at radius 2 is 2.10 bits per heavy atom. The lowest BCUT2D eigenvalue weighted by Gasteiger charge is -2.25. The molecule has 3 rings (SSSR count).